The van der Waals surface area contributed by atoms with Crippen molar-refractivity contribution >= 4 is 33.7 Å². The highest BCUT2D eigenvalue weighted by Gasteiger charge is 2.22. The number of hydrazone groups is 1. The Balaban J connectivity index is 1.93. The molecular weight excluding hydrogens is 402 g/mol. The van der Waals surface area contributed by atoms with E-state index < -0.39 is 15.9 Å². The second-order valence-electron chi connectivity index (χ2n) is 5.68. The topological polar surface area (TPSA) is 88.1 Å². The van der Waals surface area contributed by atoms with Crippen LogP contribution in [0.1, 0.15) is 5.56 Å². The number of carbonyl (C=O) groups is 1. The molecule has 0 radical (unpaired) electrons. The van der Waals surface area contributed by atoms with Gasteiger partial charge in [-0.05, 0) is 42.0 Å². The van der Waals surface area contributed by atoms with Gasteiger partial charge >= 0.3 is 0 Å². The maximum absolute atomic E-state index is 12.4. The molecule has 0 aliphatic rings. The monoisotopic (exact) mass is 421 g/mol. The zero-order valence-electron chi connectivity index (χ0n) is 15.2. The third kappa shape index (κ3) is 6.19. The van der Waals surface area contributed by atoms with Crippen molar-refractivity contribution < 1.29 is 17.9 Å². The fourth-order valence-electron chi connectivity index (χ4n) is 2.13. The van der Waals surface area contributed by atoms with Crippen LogP contribution < -0.4 is 10.2 Å². The lowest BCUT2D eigenvalue weighted by molar-refractivity contribution is -0.121. The maximum Gasteiger partial charge on any atom is 0.255 e. The van der Waals surface area contributed by atoms with Gasteiger partial charge in [-0.25, -0.2) is 13.8 Å². The number of rotatable bonds is 9. The third-order valence-corrected chi connectivity index (χ3v) is 5.59. The number of likely N-dealkylation sites (N-methyl/N-ethyl adjacent to an activating group) is 1. The molecule has 9 heteroatoms. The second kappa shape index (κ2) is 10.0. The van der Waals surface area contributed by atoms with Crippen molar-refractivity contribution in [3.05, 3.63) is 71.8 Å². The molecule has 0 heterocycles. The van der Waals surface area contributed by atoms with E-state index in [9.17, 15) is 13.2 Å². The van der Waals surface area contributed by atoms with E-state index in [1.54, 1.807) is 30.3 Å². The summed E-state index contributed by atoms with van der Waals surface area (Å²) in [7, 11) is -2.49. The van der Waals surface area contributed by atoms with Crippen LogP contribution in [-0.2, 0) is 14.8 Å². The van der Waals surface area contributed by atoms with Crippen LogP contribution in [0.4, 0.5) is 0 Å². The molecule has 1 N–H and O–H groups in total. The SMILES string of the molecule is C=CCOc1cccc(/C=N\NC(=O)CN(C)S(=O)(=O)c2ccc(Cl)cc2)c1. The van der Waals surface area contributed by atoms with E-state index in [4.69, 9.17) is 16.3 Å². The highest BCUT2D eigenvalue weighted by atomic mass is 35.5. The van der Waals surface area contributed by atoms with Crippen molar-refractivity contribution in [1.29, 1.82) is 0 Å². The van der Waals surface area contributed by atoms with Crippen LogP contribution >= 0.6 is 11.6 Å². The van der Waals surface area contributed by atoms with Crippen LogP contribution in [0.2, 0.25) is 5.02 Å². The van der Waals surface area contributed by atoms with Gasteiger partial charge in [0.25, 0.3) is 5.91 Å². The van der Waals surface area contributed by atoms with Crippen molar-refractivity contribution in [2.24, 2.45) is 5.10 Å². The normalized spacial score (nSPS) is 11.5. The highest BCUT2D eigenvalue weighted by molar-refractivity contribution is 7.89. The summed E-state index contributed by atoms with van der Waals surface area (Å²) in [6.07, 6.45) is 3.07. The molecule has 0 aromatic heterocycles. The summed E-state index contributed by atoms with van der Waals surface area (Å²) in [5.74, 6) is 0.0688. The Bertz CT molecular complexity index is 959. The van der Waals surface area contributed by atoms with Crippen LogP contribution in [0.25, 0.3) is 0 Å². The lowest BCUT2D eigenvalue weighted by Crippen LogP contribution is -2.36. The average Bonchev–Trinajstić information content (AvgIpc) is 2.67. The van der Waals surface area contributed by atoms with E-state index >= 15 is 0 Å². The van der Waals surface area contributed by atoms with Gasteiger partial charge in [-0.3, -0.25) is 4.79 Å². The van der Waals surface area contributed by atoms with E-state index in [1.807, 2.05) is 0 Å². The number of benzene rings is 2. The molecule has 0 saturated heterocycles. The lowest BCUT2D eigenvalue weighted by Gasteiger charge is -2.16. The van der Waals surface area contributed by atoms with Crippen LogP contribution in [0.5, 0.6) is 5.75 Å². The Morgan fingerprint density at radius 3 is 2.68 bits per heavy atom. The molecule has 28 heavy (non-hydrogen) atoms. The molecule has 1 amide bonds. The minimum absolute atomic E-state index is 0.0482. The molecular formula is C19H20ClN3O4S. The first-order valence-corrected chi connectivity index (χ1v) is 10.0. The Kier molecular flexibility index (Phi) is 7.74. The van der Waals surface area contributed by atoms with Crippen LogP contribution in [0.3, 0.4) is 0 Å². The van der Waals surface area contributed by atoms with E-state index in [2.05, 4.69) is 17.1 Å². The molecule has 0 aliphatic heterocycles. The van der Waals surface area contributed by atoms with Crippen LogP contribution in [-0.4, -0.2) is 45.0 Å². The summed E-state index contributed by atoms with van der Waals surface area (Å²) in [6.45, 7) is 3.58. The molecule has 0 aliphatic carbocycles. The summed E-state index contributed by atoms with van der Waals surface area (Å²) in [4.78, 5) is 12.0. The van der Waals surface area contributed by atoms with E-state index in [-0.39, 0.29) is 11.4 Å². The largest absolute Gasteiger partial charge is 0.490 e. The molecule has 7 nitrogen and oxygen atoms in total. The Hall–Kier alpha value is -2.68. The predicted molar refractivity (Wildman–Crippen MR) is 109 cm³/mol. The van der Waals surface area contributed by atoms with Gasteiger partial charge in [-0.1, -0.05) is 36.4 Å². The molecule has 0 atom stereocenters. The number of sulfonamides is 1. The highest BCUT2D eigenvalue weighted by Crippen LogP contribution is 2.17. The summed E-state index contributed by atoms with van der Waals surface area (Å²) in [5.41, 5.74) is 3.02. The molecule has 2 aromatic carbocycles. The number of hydrogen-bond acceptors (Lipinski definition) is 5. The van der Waals surface area contributed by atoms with Gasteiger partial charge in [-0.15, -0.1) is 0 Å². The fourth-order valence-corrected chi connectivity index (χ4v) is 3.38. The molecule has 0 bridgehead atoms. The number of halogens is 1. The number of amides is 1. The second-order valence-corrected chi connectivity index (χ2v) is 8.16. The fraction of sp³-hybridized carbons (Fsp3) is 0.158. The number of nitrogens with one attached hydrogen (secondary N) is 1. The van der Waals surface area contributed by atoms with Gasteiger partial charge in [0.1, 0.15) is 12.4 Å². The first-order valence-electron chi connectivity index (χ1n) is 8.20. The van der Waals surface area contributed by atoms with Crippen molar-refractivity contribution in [2.75, 3.05) is 20.2 Å². The van der Waals surface area contributed by atoms with Crippen molar-refractivity contribution in [3.8, 4) is 5.75 Å². The van der Waals surface area contributed by atoms with Gasteiger partial charge in [0.15, 0.2) is 0 Å². The van der Waals surface area contributed by atoms with Crippen molar-refractivity contribution in [1.82, 2.24) is 9.73 Å². The molecule has 0 saturated carbocycles. The van der Waals surface area contributed by atoms with E-state index in [0.29, 0.717) is 22.9 Å². The standard InChI is InChI=1S/C19H20ClN3O4S/c1-3-11-27-17-6-4-5-15(12-17)13-21-22-19(24)14-23(2)28(25,26)18-9-7-16(20)8-10-18/h3-10,12-13H,1,11,14H2,2H3,(H,22,24)/b21-13-. The molecule has 0 unspecified atom stereocenters. The quantitative estimate of drug-likeness (QED) is 0.383. The Morgan fingerprint density at radius 2 is 2.00 bits per heavy atom. The molecule has 0 fully saturated rings. The number of nitrogens with zero attached hydrogens (tertiary/aromatic N) is 2. The summed E-state index contributed by atoms with van der Waals surface area (Å²) in [6, 6.07) is 12.8. The predicted octanol–water partition coefficient (Wildman–Crippen LogP) is 2.68. The zero-order chi connectivity index (χ0) is 20.6. The van der Waals surface area contributed by atoms with Gasteiger partial charge in [-0.2, -0.15) is 9.41 Å². The van der Waals surface area contributed by atoms with Gasteiger partial charge in [0.05, 0.1) is 17.7 Å². The number of carbonyl (C=O) groups excluding carboxylic acids is 1. The first kappa shape index (κ1) is 21.6. The third-order valence-electron chi connectivity index (χ3n) is 3.52. The zero-order valence-corrected chi connectivity index (χ0v) is 16.8. The summed E-state index contributed by atoms with van der Waals surface area (Å²) >= 11 is 5.77. The Labute approximate surface area is 169 Å². The summed E-state index contributed by atoms with van der Waals surface area (Å²) < 4.78 is 31.2. The van der Waals surface area contributed by atoms with E-state index in [0.717, 1.165) is 4.31 Å². The first-order chi connectivity index (χ1) is 13.3. The smallest absolute Gasteiger partial charge is 0.255 e. The number of hydrogen-bond donors (Lipinski definition) is 1. The molecule has 2 aromatic rings. The molecule has 2 rings (SSSR count). The minimum atomic E-state index is -3.81. The number of ether oxygens (including phenoxy) is 1. The molecule has 148 valence electrons. The van der Waals surface area contributed by atoms with Crippen molar-refractivity contribution in [3.63, 3.8) is 0 Å². The van der Waals surface area contributed by atoms with Gasteiger partial charge in [0, 0.05) is 12.1 Å². The average molecular weight is 422 g/mol. The Morgan fingerprint density at radius 1 is 1.29 bits per heavy atom. The van der Waals surface area contributed by atoms with E-state index in [1.165, 1.54) is 37.5 Å². The maximum atomic E-state index is 12.4. The van der Waals surface area contributed by atoms with Crippen LogP contribution in [0, 0.1) is 0 Å². The van der Waals surface area contributed by atoms with Crippen molar-refractivity contribution in [2.45, 2.75) is 4.90 Å². The van der Waals surface area contributed by atoms with Gasteiger partial charge in [0.2, 0.25) is 10.0 Å². The molecule has 0 spiro atoms. The van der Waals surface area contributed by atoms with Crippen LogP contribution in [0.15, 0.2) is 71.2 Å². The van der Waals surface area contributed by atoms with Gasteiger partial charge < -0.3 is 4.74 Å². The summed E-state index contributed by atoms with van der Waals surface area (Å²) in [5, 5.41) is 4.27. The minimum Gasteiger partial charge on any atom is -0.490 e. The lowest BCUT2D eigenvalue weighted by atomic mass is 10.2.